The van der Waals surface area contributed by atoms with Gasteiger partial charge >= 0.3 is 0 Å². The van der Waals surface area contributed by atoms with Crippen LogP contribution in [0, 0.1) is 6.07 Å². The van der Waals surface area contributed by atoms with Crippen molar-refractivity contribution in [3.05, 3.63) is 56.1 Å². The molecule has 0 heterocycles. The van der Waals surface area contributed by atoms with Crippen LogP contribution in [0.2, 0.25) is 0 Å². The summed E-state index contributed by atoms with van der Waals surface area (Å²) >= 11 is 0. The number of unbranched alkanes of at least 4 members (excludes halogenated alkanes) is 8. The van der Waals surface area contributed by atoms with E-state index in [1.807, 2.05) is 16.7 Å². The third kappa shape index (κ3) is 9.29. The minimum Gasteiger partial charge on any atom is -0.0654 e. The molecular weight excluding hydrogens is 540 g/mol. The molecule has 0 heteroatoms. The predicted molar refractivity (Wildman–Crippen MR) is 202 cm³/mol. The minimum absolute atomic E-state index is 0.545. The Kier molecular flexibility index (Phi) is 17.4. The van der Waals surface area contributed by atoms with Crippen LogP contribution in [0.1, 0.15) is 221 Å². The Labute approximate surface area is 282 Å². The number of benzene rings is 2. The second-order valence-corrected chi connectivity index (χ2v) is 14.5. The summed E-state index contributed by atoms with van der Waals surface area (Å²) in [5.74, 6) is 0.545. The Morgan fingerprint density at radius 2 is 0.756 bits per heavy atom. The van der Waals surface area contributed by atoms with E-state index < -0.39 is 0 Å². The zero-order valence-corrected chi connectivity index (χ0v) is 31.5. The van der Waals surface area contributed by atoms with Crippen molar-refractivity contribution in [1.29, 1.82) is 0 Å². The molecule has 253 valence electrons. The average molecular weight is 614 g/mol. The van der Waals surface area contributed by atoms with Crippen LogP contribution in [-0.4, -0.2) is 0 Å². The van der Waals surface area contributed by atoms with Crippen molar-refractivity contribution in [2.24, 2.45) is 0 Å². The van der Waals surface area contributed by atoms with Gasteiger partial charge in [0.15, 0.2) is 0 Å². The Bertz CT molecular complexity index is 1150. The first-order chi connectivity index (χ1) is 22.1. The van der Waals surface area contributed by atoms with Crippen LogP contribution in [-0.2, 0) is 44.9 Å². The molecule has 0 N–H and O–H groups in total. The van der Waals surface area contributed by atoms with Crippen molar-refractivity contribution < 1.29 is 0 Å². The summed E-state index contributed by atoms with van der Waals surface area (Å²) < 4.78 is 0. The third-order valence-electron chi connectivity index (χ3n) is 10.8. The molecule has 0 saturated carbocycles. The lowest BCUT2D eigenvalue weighted by molar-refractivity contribution is 0.643. The monoisotopic (exact) mass is 614 g/mol. The second-order valence-electron chi connectivity index (χ2n) is 14.5. The maximum atomic E-state index is 4.35. The topological polar surface area (TPSA) is 0 Å². The van der Waals surface area contributed by atoms with Crippen LogP contribution in [0.3, 0.4) is 0 Å². The Hall–Kier alpha value is -1.56. The van der Waals surface area contributed by atoms with Gasteiger partial charge in [0, 0.05) is 5.92 Å². The summed E-state index contributed by atoms with van der Waals surface area (Å²) in [4.78, 5) is 0. The van der Waals surface area contributed by atoms with E-state index in [4.69, 9.17) is 0 Å². The lowest BCUT2D eigenvalue weighted by Gasteiger charge is -2.27. The van der Waals surface area contributed by atoms with Crippen molar-refractivity contribution in [1.82, 2.24) is 0 Å². The smallest absolute Gasteiger partial charge is 0.0111 e. The molecule has 0 saturated heterocycles. The van der Waals surface area contributed by atoms with Gasteiger partial charge in [-0.1, -0.05) is 113 Å². The third-order valence-corrected chi connectivity index (χ3v) is 10.8. The van der Waals surface area contributed by atoms with Crippen LogP contribution in [0.4, 0.5) is 0 Å². The lowest BCUT2D eigenvalue weighted by Crippen LogP contribution is -2.13. The SMILES string of the molecule is CCCCc1[c]c2c(c(CCCC)c1CCCC)-c1c(CCCC)c(CCCC)c(CCCC)c(CCCC)c1C2CCCC. The normalized spacial score (nSPS) is 13.9. The number of rotatable bonds is 24. The van der Waals surface area contributed by atoms with Crippen molar-refractivity contribution >= 4 is 0 Å². The highest BCUT2D eigenvalue weighted by Crippen LogP contribution is 2.55. The lowest BCUT2D eigenvalue weighted by atomic mass is 9.77. The van der Waals surface area contributed by atoms with E-state index in [1.54, 1.807) is 44.5 Å². The van der Waals surface area contributed by atoms with Gasteiger partial charge in [0.1, 0.15) is 0 Å². The quantitative estimate of drug-likeness (QED) is 0.110. The summed E-state index contributed by atoms with van der Waals surface area (Å²) in [5.41, 5.74) is 19.2. The highest BCUT2D eigenvalue weighted by Gasteiger charge is 2.38. The molecule has 0 aromatic heterocycles. The first kappa shape index (κ1) is 37.9. The summed E-state index contributed by atoms with van der Waals surface area (Å²) in [6.07, 6.45) is 30.9. The van der Waals surface area contributed by atoms with E-state index in [0.717, 1.165) is 0 Å². The van der Waals surface area contributed by atoms with Crippen molar-refractivity contribution in [3.63, 3.8) is 0 Å². The molecule has 0 nitrogen and oxygen atoms in total. The molecule has 1 atom stereocenters. The van der Waals surface area contributed by atoms with Gasteiger partial charge in [0.25, 0.3) is 0 Å². The van der Waals surface area contributed by atoms with Gasteiger partial charge in [-0.25, -0.2) is 0 Å². The van der Waals surface area contributed by atoms with Crippen LogP contribution in [0.25, 0.3) is 11.1 Å². The van der Waals surface area contributed by atoms with Crippen molar-refractivity contribution in [3.8, 4) is 11.1 Å². The predicted octanol–water partition coefficient (Wildman–Crippen LogP) is 14.2. The highest BCUT2D eigenvalue weighted by molar-refractivity contribution is 5.88. The van der Waals surface area contributed by atoms with Crippen LogP contribution >= 0.6 is 0 Å². The largest absolute Gasteiger partial charge is 0.0654 e. The molecule has 0 aliphatic heterocycles. The molecule has 1 unspecified atom stereocenters. The van der Waals surface area contributed by atoms with Crippen LogP contribution in [0.15, 0.2) is 0 Å². The Morgan fingerprint density at radius 1 is 0.378 bits per heavy atom. The standard InChI is InChI=1S/C45H73/c1-9-17-25-34-33-42-41(32-24-16-8)43-39(30-22-14-6)36(27-19-11-3)37(28-20-12-4)40(31-23-15-7)45(43)44(42)38(29-21-13-5)35(34)26-18-10-2/h41H,9-32H2,1-8H3. The average Bonchev–Trinajstić information content (AvgIpc) is 3.37. The Balaban J connectivity index is 2.56. The van der Waals surface area contributed by atoms with Gasteiger partial charge < -0.3 is 0 Å². The molecule has 0 bridgehead atoms. The summed E-state index contributed by atoms with van der Waals surface area (Å²) in [6, 6.07) is 4.35. The molecule has 0 amide bonds. The van der Waals surface area contributed by atoms with E-state index in [0.29, 0.717) is 5.92 Å². The van der Waals surface area contributed by atoms with Gasteiger partial charge in [-0.2, -0.15) is 0 Å². The van der Waals surface area contributed by atoms with Gasteiger partial charge in [0.05, 0.1) is 0 Å². The van der Waals surface area contributed by atoms with Crippen molar-refractivity contribution in [2.75, 3.05) is 0 Å². The van der Waals surface area contributed by atoms with E-state index in [1.165, 1.54) is 154 Å². The summed E-state index contributed by atoms with van der Waals surface area (Å²) in [5, 5.41) is 0. The zero-order valence-electron chi connectivity index (χ0n) is 31.5. The number of fused-ring (bicyclic) bond motifs is 3. The van der Waals surface area contributed by atoms with Crippen LogP contribution < -0.4 is 0 Å². The van der Waals surface area contributed by atoms with E-state index >= 15 is 0 Å². The molecule has 3 rings (SSSR count). The molecule has 2 aromatic carbocycles. The first-order valence-electron chi connectivity index (χ1n) is 20.4. The fraction of sp³-hybridized carbons (Fsp3) is 0.733. The molecule has 1 radical (unpaired) electrons. The number of aryl methyl sites for hydroxylation is 1. The van der Waals surface area contributed by atoms with Gasteiger partial charge in [-0.15, -0.1) is 0 Å². The molecule has 1 aliphatic carbocycles. The zero-order chi connectivity index (χ0) is 32.6. The van der Waals surface area contributed by atoms with E-state index in [-0.39, 0.29) is 0 Å². The molecular formula is C45H73. The molecule has 0 fully saturated rings. The minimum atomic E-state index is 0.545. The maximum Gasteiger partial charge on any atom is 0.0111 e. The molecule has 1 aliphatic rings. The summed E-state index contributed by atoms with van der Waals surface area (Å²) in [7, 11) is 0. The molecule has 2 aromatic rings. The van der Waals surface area contributed by atoms with Crippen LogP contribution in [0.5, 0.6) is 0 Å². The van der Waals surface area contributed by atoms with Gasteiger partial charge in [-0.05, 0) is 164 Å². The second kappa shape index (κ2) is 20.6. The summed E-state index contributed by atoms with van der Waals surface area (Å²) in [6.45, 7) is 19.1. The molecule has 0 spiro atoms. The fourth-order valence-electron chi connectivity index (χ4n) is 8.28. The van der Waals surface area contributed by atoms with Gasteiger partial charge in [0.2, 0.25) is 0 Å². The van der Waals surface area contributed by atoms with E-state index in [2.05, 4.69) is 61.5 Å². The highest BCUT2D eigenvalue weighted by atomic mass is 14.4. The number of hydrogen-bond donors (Lipinski definition) is 0. The van der Waals surface area contributed by atoms with E-state index in [9.17, 15) is 0 Å². The fourth-order valence-corrected chi connectivity index (χ4v) is 8.28. The first-order valence-corrected chi connectivity index (χ1v) is 20.4. The van der Waals surface area contributed by atoms with Crippen molar-refractivity contribution in [2.45, 2.75) is 215 Å². The maximum absolute atomic E-state index is 4.35. The molecule has 45 heavy (non-hydrogen) atoms. The Morgan fingerprint density at radius 3 is 1.24 bits per heavy atom. The van der Waals surface area contributed by atoms with Gasteiger partial charge in [-0.3, -0.25) is 0 Å². The number of hydrogen-bond acceptors (Lipinski definition) is 0.